The number of fused-ring (bicyclic) bond motifs is 1. The van der Waals surface area contributed by atoms with Gasteiger partial charge in [-0.05, 0) is 37.3 Å². The molecule has 11 heteroatoms. The first-order chi connectivity index (χ1) is 15.6. The van der Waals surface area contributed by atoms with Gasteiger partial charge in [-0.2, -0.15) is 5.10 Å². The van der Waals surface area contributed by atoms with Crippen LogP contribution in [0.25, 0.3) is 27.6 Å². The Hall–Kier alpha value is -4.25. The number of aryl methyl sites for hydroxylation is 1. The second-order valence-electron chi connectivity index (χ2n) is 6.68. The Balaban J connectivity index is 1.25. The zero-order chi connectivity index (χ0) is 22.1. The number of benzene rings is 1. The van der Waals surface area contributed by atoms with Crippen molar-refractivity contribution in [2.75, 3.05) is 11.9 Å². The Labute approximate surface area is 184 Å². The number of nitrogens with one attached hydrogen (secondary N) is 1. The van der Waals surface area contributed by atoms with E-state index >= 15 is 0 Å². The molecule has 4 aromatic heterocycles. The number of esters is 1. The number of carbonyl (C=O) groups is 2. The molecule has 0 saturated carbocycles. The van der Waals surface area contributed by atoms with Crippen LogP contribution in [0.15, 0.2) is 63.6 Å². The highest BCUT2D eigenvalue weighted by atomic mass is 32.1. The van der Waals surface area contributed by atoms with Crippen molar-refractivity contribution in [1.82, 2.24) is 20.0 Å². The fourth-order valence-electron chi connectivity index (χ4n) is 3.02. The van der Waals surface area contributed by atoms with Crippen molar-refractivity contribution in [3.05, 3.63) is 65.4 Å². The summed E-state index contributed by atoms with van der Waals surface area (Å²) in [5.74, 6) is -0.725. The average Bonchev–Trinajstić information content (AvgIpc) is 3.58. The minimum atomic E-state index is -0.610. The molecule has 160 valence electrons. The summed E-state index contributed by atoms with van der Waals surface area (Å²) in [6, 6.07) is 14.5. The molecule has 10 nitrogen and oxygen atoms in total. The number of anilines is 1. The third-order valence-corrected chi connectivity index (χ3v) is 5.57. The molecular weight excluding hydrogens is 434 g/mol. The van der Waals surface area contributed by atoms with Crippen LogP contribution < -0.4 is 5.32 Å². The molecule has 0 aliphatic heterocycles. The highest BCUT2D eigenvalue weighted by molar-refractivity contribution is 7.20. The summed E-state index contributed by atoms with van der Waals surface area (Å²) in [5.41, 5.74) is 1.68. The van der Waals surface area contributed by atoms with Crippen LogP contribution in [-0.4, -0.2) is 38.5 Å². The number of rotatable bonds is 6. The zero-order valence-electron chi connectivity index (χ0n) is 16.6. The van der Waals surface area contributed by atoms with E-state index in [1.165, 1.54) is 17.6 Å². The first-order valence-electron chi connectivity index (χ1n) is 9.47. The number of hydrogen-bond acceptors (Lipinski definition) is 9. The topological polar surface area (TPSA) is 125 Å². The number of ether oxygens (including phenoxy) is 1. The highest BCUT2D eigenvalue weighted by Gasteiger charge is 2.20. The van der Waals surface area contributed by atoms with Crippen LogP contribution in [0.2, 0.25) is 0 Å². The first kappa shape index (κ1) is 19.7. The monoisotopic (exact) mass is 449 g/mol. The SMILES string of the molecule is Cc1nn(-c2ccccc2)c2sc(C(=O)OCC(=O)Nc3nnc(-c4ccco4)o3)cc12. The lowest BCUT2D eigenvalue weighted by molar-refractivity contribution is -0.119. The molecule has 0 saturated heterocycles. The summed E-state index contributed by atoms with van der Waals surface area (Å²) in [5, 5.41) is 15.3. The van der Waals surface area contributed by atoms with Crippen molar-refractivity contribution in [3.8, 4) is 17.3 Å². The molecule has 5 rings (SSSR count). The maximum absolute atomic E-state index is 12.5. The Bertz CT molecular complexity index is 1400. The third-order valence-electron chi connectivity index (χ3n) is 4.48. The van der Waals surface area contributed by atoms with Crippen LogP contribution in [0.1, 0.15) is 15.4 Å². The summed E-state index contributed by atoms with van der Waals surface area (Å²) >= 11 is 1.25. The number of hydrogen-bond donors (Lipinski definition) is 1. The second kappa shape index (κ2) is 8.12. The van der Waals surface area contributed by atoms with Gasteiger partial charge in [-0.3, -0.25) is 10.1 Å². The Morgan fingerprint density at radius 2 is 2.00 bits per heavy atom. The molecule has 1 amide bonds. The summed E-state index contributed by atoms with van der Waals surface area (Å²) in [6.07, 6.45) is 1.46. The molecule has 1 N–H and O–H groups in total. The van der Waals surface area contributed by atoms with Crippen molar-refractivity contribution in [2.24, 2.45) is 0 Å². The first-order valence-corrected chi connectivity index (χ1v) is 10.3. The molecule has 0 unspecified atom stereocenters. The van der Waals surface area contributed by atoms with E-state index in [0.717, 1.165) is 21.6 Å². The van der Waals surface area contributed by atoms with Crippen LogP contribution in [0.4, 0.5) is 6.01 Å². The predicted octanol–water partition coefficient (Wildman–Crippen LogP) is 3.83. The van der Waals surface area contributed by atoms with Crippen molar-refractivity contribution in [3.63, 3.8) is 0 Å². The molecule has 4 heterocycles. The predicted molar refractivity (Wildman–Crippen MR) is 115 cm³/mol. The minimum absolute atomic E-state index is 0.121. The van der Waals surface area contributed by atoms with Gasteiger partial charge < -0.3 is 13.6 Å². The van der Waals surface area contributed by atoms with Crippen molar-refractivity contribution in [2.45, 2.75) is 6.92 Å². The molecule has 0 bridgehead atoms. The van der Waals surface area contributed by atoms with Gasteiger partial charge in [-0.15, -0.1) is 16.4 Å². The lowest BCUT2D eigenvalue weighted by Crippen LogP contribution is -2.20. The number of para-hydroxylation sites is 1. The van der Waals surface area contributed by atoms with Crippen LogP contribution >= 0.6 is 11.3 Å². The fourth-order valence-corrected chi connectivity index (χ4v) is 4.10. The van der Waals surface area contributed by atoms with Gasteiger partial charge in [0.2, 0.25) is 0 Å². The van der Waals surface area contributed by atoms with E-state index in [9.17, 15) is 9.59 Å². The number of thiophene rings is 1. The summed E-state index contributed by atoms with van der Waals surface area (Å²) in [7, 11) is 0. The fraction of sp³-hybridized carbons (Fsp3) is 0.0952. The largest absolute Gasteiger partial charge is 0.459 e. The summed E-state index contributed by atoms with van der Waals surface area (Å²) in [6.45, 7) is 1.37. The van der Waals surface area contributed by atoms with Crippen LogP contribution in [0, 0.1) is 6.92 Å². The van der Waals surface area contributed by atoms with E-state index in [2.05, 4.69) is 20.6 Å². The van der Waals surface area contributed by atoms with E-state index in [-0.39, 0.29) is 11.9 Å². The highest BCUT2D eigenvalue weighted by Crippen LogP contribution is 2.30. The maximum Gasteiger partial charge on any atom is 0.348 e. The quantitative estimate of drug-likeness (QED) is 0.388. The van der Waals surface area contributed by atoms with Gasteiger partial charge in [0.1, 0.15) is 9.71 Å². The number of carbonyl (C=O) groups excluding carboxylic acids is 2. The van der Waals surface area contributed by atoms with E-state index in [1.807, 2.05) is 37.3 Å². The zero-order valence-corrected chi connectivity index (χ0v) is 17.5. The van der Waals surface area contributed by atoms with Crippen molar-refractivity contribution in [1.29, 1.82) is 0 Å². The maximum atomic E-state index is 12.5. The van der Waals surface area contributed by atoms with Crippen molar-refractivity contribution < 1.29 is 23.2 Å². The molecule has 0 spiro atoms. The Morgan fingerprint density at radius 3 is 2.78 bits per heavy atom. The molecule has 5 aromatic rings. The van der Waals surface area contributed by atoms with E-state index in [0.29, 0.717) is 10.6 Å². The van der Waals surface area contributed by atoms with E-state index in [4.69, 9.17) is 13.6 Å². The molecule has 0 aliphatic carbocycles. The van der Waals surface area contributed by atoms with Crippen LogP contribution in [0.3, 0.4) is 0 Å². The van der Waals surface area contributed by atoms with Gasteiger partial charge >= 0.3 is 12.0 Å². The van der Waals surface area contributed by atoms with Gasteiger partial charge in [0.05, 0.1) is 17.6 Å². The lowest BCUT2D eigenvalue weighted by Gasteiger charge is -2.03. The van der Waals surface area contributed by atoms with Crippen LogP contribution in [0.5, 0.6) is 0 Å². The second-order valence-corrected chi connectivity index (χ2v) is 7.71. The molecule has 0 atom stereocenters. The number of aromatic nitrogens is 4. The smallest absolute Gasteiger partial charge is 0.348 e. The molecular formula is C21H15N5O5S. The van der Waals surface area contributed by atoms with Crippen LogP contribution in [-0.2, 0) is 9.53 Å². The molecule has 0 radical (unpaired) electrons. The Kier molecular flexibility index (Phi) is 5.00. The lowest BCUT2D eigenvalue weighted by atomic mass is 10.3. The van der Waals surface area contributed by atoms with Gasteiger partial charge in [-0.25, -0.2) is 9.48 Å². The molecule has 0 fully saturated rings. The number of amides is 1. The van der Waals surface area contributed by atoms with Gasteiger partial charge in [-0.1, -0.05) is 23.3 Å². The van der Waals surface area contributed by atoms with Gasteiger partial charge in [0.25, 0.3) is 11.8 Å². The van der Waals surface area contributed by atoms with Gasteiger partial charge in [0, 0.05) is 5.39 Å². The van der Waals surface area contributed by atoms with E-state index in [1.54, 1.807) is 22.9 Å². The Morgan fingerprint density at radius 1 is 1.16 bits per heavy atom. The number of furan rings is 1. The average molecular weight is 449 g/mol. The third kappa shape index (κ3) is 3.76. The van der Waals surface area contributed by atoms with Gasteiger partial charge in [0.15, 0.2) is 12.4 Å². The summed E-state index contributed by atoms with van der Waals surface area (Å²) in [4.78, 5) is 25.8. The van der Waals surface area contributed by atoms with E-state index < -0.39 is 18.5 Å². The molecule has 32 heavy (non-hydrogen) atoms. The minimum Gasteiger partial charge on any atom is -0.459 e. The summed E-state index contributed by atoms with van der Waals surface area (Å²) < 4.78 is 17.4. The molecule has 1 aromatic carbocycles. The normalized spacial score (nSPS) is 11.0. The molecule has 0 aliphatic rings. The van der Waals surface area contributed by atoms with Crippen molar-refractivity contribution >= 4 is 39.4 Å². The standard InChI is InChI=1S/C21H15N5O5S/c1-12-14-10-16(32-19(14)26(25-12)13-6-3-2-4-7-13)20(28)30-11-17(27)22-21-24-23-18(31-21)15-8-5-9-29-15/h2-10H,11H2,1H3,(H,22,24,27). The number of nitrogens with zero attached hydrogens (tertiary/aromatic N) is 4.